The number of thiazole rings is 1. The van der Waals surface area contributed by atoms with Crippen LogP contribution >= 0.6 is 11.3 Å². The van der Waals surface area contributed by atoms with Crippen molar-refractivity contribution in [2.45, 2.75) is 44.6 Å². The largest absolute Gasteiger partial charge is 0.431 e. The molecule has 2 aliphatic heterocycles. The smallest absolute Gasteiger partial charge is 0.279 e. The van der Waals surface area contributed by atoms with Crippen molar-refractivity contribution in [3.8, 4) is 10.9 Å². The van der Waals surface area contributed by atoms with E-state index in [-0.39, 0.29) is 0 Å². The first kappa shape index (κ1) is 20.0. The number of hydrogen-bond donors (Lipinski definition) is 0. The molecule has 0 unspecified atom stereocenters. The van der Waals surface area contributed by atoms with Crippen molar-refractivity contribution in [1.82, 2.24) is 14.8 Å². The number of nitrogens with zero attached hydrogens (tertiary/aromatic N) is 3. The summed E-state index contributed by atoms with van der Waals surface area (Å²) in [7, 11) is 0. The molecule has 0 bridgehead atoms. The number of para-hydroxylation sites is 1. The van der Waals surface area contributed by atoms with E-state index in [4.69, 9.17) is 4.74 Å². The highest BCUT2D eigenvalue weighted by atomic mass is 32.1. The molecule has 0 N–H and O–H groups in total. The monoisotopic (exact) mass is 421 g/mol. The quantitative estimate of drug-likeness (QED) is 0.519. The molecule has 0 atom stereocenters. The SMILES string of the molecule is c1ccc2sc(Oc3ccc(CCN4CCC(N5CCCCC5)CC4)cc3)nc2c1. The van der Waals surface area contributed by atoms with Crippen LogP contribution in [0.5, 0.6) is 10.9 Å². The van der Waals surface area contributed by atoms with E-state index < -0.39 is 0 Å². The zero-order chi connectivity index (χ0) is 20.2. The molecule has 158 valence electrons. The second-order valence-electron chi connectivity index (χ2n) is 8.61. The van der Waals surface area contributed by atoms with Crippen LogP contribution in [0.15, 0.2) is 48.5 Å². The average Bonchev–Trinajstić information content (AvgIpc) is 3.22. The van der Waals surface area contributed by atoms with E-state index in [1.54, 1.807) is 11.3 Å². The molecule has 1 aromatic heterocycles. The third-order valence-corrected chi connectivity index (χ3v) is 7.50. The first-order valence-electron chi connectivity index (χ1n) is 11.4. The Balaban J connectivity index is 1.09. The molecule has 5 rings (SSSR count). The third-order valence-electron chi connectivity index (χ3n) is 6.58. The Labute approximate surface area is 183 Å². The highest BCUT2D eigenvalue weighted by molar-refractivity contribution is 7.20. The minimum absolute atomic E-state index is 0.709. The van der Waals surface area contributed by atoms with Gasteiger partial charge in [0.05, 0.1) is 10.2 Å². The summed E-state index contributed by atoms with van der Waals surface area (Å²) in [5, 5.41) is 0.709. The van der Waals surface area contributed by atoms with E-state index >= 15 is 0 Å². The molecule has 30 heavy (non-hydrogen) atoms. The molecule has 0 spiro atoms. The van der Waals surface area contributed by atoms with Crippen molar-refractivity contribution in [3.63, 3.8) is 0 Å². The van der Waals surface area contributed by atoms with Crippen molar-refractivity contribution < 1.29 is 4.74 Å². The molecule has 0 aliphatic carbocycles. The standard InChI is InChI=1S/C25H31N3OS/c1-4-15-28(16-5-1)21-13-18-27(19-14-21)17-12-20-8-10-22(11-9-20)29-25-26-23-6-2-3-7-24(23)30-25/h2-3,6-11,21H,1,4-5,12-19H2. The van der Waals surface area contributed by atoms with E-state index in [1.807, 2.05) is 18.2 Å². The van der Waals surface area contributed by atoms with Gasteiger partial charge in [0, 0.05) is 12.6 Å². The first-order valence-corrected chi connectivity index (χ1v) is 12.2. The highest BCUT2D eigenvalue weighted by Gasteiger charge is 2.25. The van der Waals surface area contributed by atoms with Crippen LogP contribution < -0.4 is 4.74 Å². The van der Waals surface area contributed by atoms with Gasteiger partial charge in [0.1, 0.15) is 5.75 Å². The van der Waals surface area contributed by atoms with Crippen LogP contribution in [-0.4, -0.2) is 53.5 Å². The number of aromatic nitrogens is 1. The lowest BCUT2D eigenvalue weighted by Crippen LogP contribution is -2.47. The van der Waals surface area contributed by atoms with Crippen LogP contribution in [0.25, 0.3) is 10.2 Å². The lowest BCUT2D eigenvalue weighted by Gasteiger charge is -2.40. The van der Waals surface area contributed by atoms with Crippen LogP contribution in [0.4, 0.5) is 0 Å². The lowest BCUT2D eigenvalue weighted by molar-refractivity contribution is 0.0931. The zero-order valence-corrected chi connectivity index (χ0v) is 18.4. The topological polar surface area (TPSA) is 28.6 Å². The molecule has 3 heterocycles. The maximum atomic E-state index is 5.97. The minimum atomic E-state index is 0.709. The van der Waals surface area contributed by atoms with Gasteiger partial charge >= 0.3 is 0 Å². The van der Waals surface area contributed by atoms with E-state index in [1.165, 1.54) is 63.8 Å². The Bertz CT molecular complexity index is 907. The molecule has 0 amide bonds. The Kier molecular flexibility index (Phi) is 6.30. The number of likely N-dealkylation sites (tertiary alicyclic amines) is 2. The van der Waals surface area contributed by atoms with Crippen LogP contribution in [0, 0.1) is 0 Å². The predicted molar refractivity (Wildman–Crippen MR) is 125 cm³/mol. The Hall–Kier alpha value is -1.95. The van der Waals surface area contributed by atoms with Gasteiger partial charge in [-0.1, -0.05) is 42.0 Å². The molecule has 2 aromatic carbocycles. The van der Waals surface area contributed by atoms with Crippen molar-refractivity contribution in [1.29, 1.82) is 0 Å². The van der Waals surface area contributed by atoms with Crippen LogP contribution in [0.2, 0.25) is 0 Å². The molecular weight excluding hydrogens is 390 g/mol. The molecule has 2 aliphatic rings. The third kappa shape index (κ3) is 4.85. The summed E-state index contributed by atoms with van der Waals surface area (Å²) in [6.07, 6.45) is 8.03. The fourth-order valence-corrected chi connectivity index (χ4v) is 5.63. The van der Waals surface area contributed by atoms with Gasteiger partial charge in [0.25, 0.3) is 5.19 Å². The first-order chi connectivity index (χ1) is 14.8. The maximum absolute atomic E-state index is 5.97. The molecule has 2 fully saturated rings. The van der Waals surface area contributed by atoms with Crippen LogP contribution in [0.1, 0.15) is 37.7 Å². The fourth-order valence-electron chi connectivity index (χ4n) is 4.80. The van der Waals surface area contributed by atoms with Gasteiger partial charge < -0.3 is 14.5 Å². The summed E-state index contributed by atoms with van der Waals surface area (Å²) in [4.78, 5) is 9.95. The van der Waals surface area contributed by atoms with Gasteiger partial charge in [-0.05, 0) is 88.1 Å². The summed E-state index contributed by atoms with van der Waals surface area (Å²) < 4.78 is 7.13. The van der Waals surface area contributed by atoms with Crippen LogP contribution in [-0.2, 0) is 6.42 Å². The number of fused-ring (bicyclic) bond motifs is 1. The summed E-state index contributed by atoms with van der Waals surface area (Å²) in [6.45, 7) is 6.32. The molecular formula is C25H31N3OS. The van der Waals surface area contributed by atoms with Crippen molar-refractivity contribution in [3.05, 3.63) is 54.1 Å². The van der Waals surface area contributed by atoms with Gasteiger partial charge in [0.15, 0.2) is 0 Å². The molecule has 0 saturated carbocycles. The minimum Gasteiger partial charge on any atom is -0.431 e. The van der Waals surface area contributed by atoms with E-state index in [0.717, 1.165) is 35.0 Å². The fraction of sp³-hybridized carbons (Fsp3) is 0.480. The van der Waals surface area contributed by atoms with Gasteiger partial charge in [0.2, 0.25) is 0 Å². The van der Waals surface area contributed by atoms with Crippen molar-refractivity contribution in [2.24, 2.45) is 0 Å². The van der Waals surface area contributed by atoms with Crippen LogP contribution in [0.3, 0.4) is 0 Å². The van der Waals surface area contributed by atoms with Gasteiger partial charge in [-0.3, -0.25) is 0 Å². The Morgan fingerprint density at radius 3 is 2.43 bits per heavy atom. The molecule has 4 nitrogen and oxygen atoms in total. The van der Waals surface area contributed by atoms with Gasteiger partial charge in [-0.25, -0.2) is 4.98 Å². The lowest BCUT2D eigenvalue weighted by atomic mass is 9.99. The maximum Gasteiger partial charge on any atom is 0.279 e. The second kappa shape index (κ2) is 9.46. The summed E-state index contributed by atoms with van der Waals surface area (Å²) in [6, 6.07) is 17.5. The molecule has 5 heteroatoms. The molecule has 2 saturated heterocycles. The number of benzene rings is 2. The number of ether oxygens (including phenoxy) is 1. The summed E-state index contributed by atoms with van der Waals surface area (Å²) >= 11 is 1.59. The van der Waals surface area contributed by atoms with E-state index in [0.29, 0.717) is 5.19 Å². The Morgan fingerprint density at radius 2 is 1.67 bits per heavy atom. The summed E-state index contributed by atoms with van der Waals surface area (Å²) in [5.41, 5.74) is 2.38. The second-order valence-corrected chi connectivity index (χ2v) is 9.61. The number of hydrogen-bond acceptors (Lipinski definition) is 5. The highest BCUT2D eigenvalue weighted by Crippen LogP contribution is 2.31. The van der Waals surface area contributed by atoms with Gasteiger partial charge in [-0.2, -0.15) is 0 Å². The molecule has 0 radical (unpaired) electrons. The van der Waals surface area contributed by atoms with Crippen molar-refractivity contribution in [2.75, 3.05) is 32.7 Å². The zero-order valence-electron chi connectivity index (χ0n) is 17.6. The van der Waals surface area contributed by atoms with Gasteiger partial charge in [-0.15, -0.1) is 0 Å². The van der Waals surface area contributed by atoms with E-state index in [2.05, 4.69) is 45.1 Å². The summed E-state index contributed by atoms with van der Waals surface area (Å²) in [5.74, 6) is 0.861. The Morgan fingerprint density at radius 1 is 0.900 bits per heavy atom. The van der Waals surface area contributed by atoms with Crippen molar-refractivity contribution >= 4 is 21.6 Å². The number of piperidine rings is 2. The number of rotatable bonds is 6. The van der Waals surface area contributed by atoms with E-state index in [9.17, 15) is 0 Å². The predicted octanol–water partition coefficient (Wildman–Crippen LogP) is 5.58. The average molecular weight is 422 g/mol. The molecule has 3 aromatic rings. The normalized spacial score (nSPS) is 19.3.